The van der Waals surface area contributed by atoms with Gasteiger partial charge in [0.1, 0.15) is 17.6 Å². The number of hydrogen-bond donors (Lipinski definition) is 2. The molecule has 34 heavy (non-hydrogen) atoms. The molecule has 1 spiro atoms. The van der Waals surface area contributed by atoms with Crippen LogP contribution in [0.4, 0.5) is 5.69 Å². The number of ether oxygens (including phenoxy) is 2. The van der Waals surface area contributed by atoms with E-state index >= 15 is 0 Å². The Hall–Kier alpha value is -2.16. The van der Waals surface area contributed by atoms with Crippen molar-refractivity contribution in [3.63, 3.8) is 0 Å². The number of carbonyl (C=O) groups excluding carboxylic acids is 3. The molecule has 0 saturated carbocycles. The monoisotopic (exact) mass is 492 g/mol. The summed E-state index contributed by atoms with van der Waals surface area (Å²) < 4.78 is 11.9. The highest BCUT2D eigenvalue weighted by molar-refractivity contribution is 6.33. The number of hydrogen-bond acceptors (Lipinski definition) is 6. The van der Waals surface area contributed by atoms with Gasteiger partial charge in [0.2, 0.25) is 11.8 Å². The van der Waals surface area contributed by atoms with Gasteiger partial charge in [0.25, 0.3) is 0 Å². The average molecular weight is 493 g/mol. The van der Waals surface area contributed by atoms with E-state index in [-0.39, 0.29) is 25.0 Å². The van der Waals surface area contributed by atoms with Crippen LogP contribution in [0.3, 0.4) is 0 Å². The smallest absolute Gasteiger partial charge is 0.312 e. The Labute approximate surface area is 204 Å². The number of para-hydroxylation sites is 1. The largest absolute Gasteiger partial charge is 0.466 e. The molecule has 1 aromatic rings. The third kappa shape index (κ3) is 3.62. The second-order valence-corrected chi connectivity index (χ2v) is 10.2. The van der Waals surface area contributed by atoms with Crippen LogP contribution in [-0.4, -0.2) is 64.3 Å². The molecule has 2 N–H and O–H groups in total. The van der Waals surface area contributed by atoms with E-state index in [2.05, 4.69) is 5.32 Å². The van der Waals surface area contributed by atoms with Gasteiger partial charge in [0, 0.05) is 0 Å². The number of nitrogens with one attached hydrogen (secondary N) is 1. The van der Waals surface area contributed by atoms with E-state index in [0.717, 1.165) is 0 Å². The molecule has 9 heteroatoms. The van der Waals surface area contributed by atoms with E-state index in [1.54, 1.807) is 31.2 Å². The summed E-state index contributed by atoms with van der Waals surface area (Å²) in [5.41, 5.74) is -1.66. The van der Waals surface area contributed by atoms with Crippen LogP contribution in [0.5, 0.6) is 0 Å². The van der Waals surface area contributed by atoms with Gasteiger partial charge >= 0.3 is 5.97 Å². The van der Waals surface area contributed by atoms with Gasteiger partial charge in [-0.15, -0.1) is 0 Å². The van der Waals surface area contributed by atoms with Gasteiger partial charge in [-0.1, -0.05) is 44.0 Å². The van der Waals surface area contributed by atoms with E-state index in [9.17, 15) is 19.5 Å². The number of rotatable bonds is 8. The van der Waals surface area contributed by atoms with Crippen molar-refractivity contribution in [2.75, 3.05) is 18.5 Å². The van der Waals surface area contributed by atoms with E-state index < -0.39 is 47.0 Å². The Morgan fingerprint density at radius 1 is 1.32 bits per heavy atom. The minimum absolute atomic E-state index is 0.0754. The maximum absolute atomic E-state index is 14.0. The van der Waals surface area contributed by atoms with Crippen molar-refractivity contribution in [1.29, 1.82) is 0 Å². The van der Waals surface area contributed by atoms with Gasteiger partial charge < -0.3 is 24.8 Å². The summed E-state index contributed by atoms with van der Waals surface area (Å²) in [6.07, 6.45) is 1.67. The van der Waals surface area contributed by atoms with Crippen molar-refractivity contribution in [3.8, 4) is 0 Å². The van der Waals surface area contributed by atoms with Gasteiger partial charge in [0.15, 0.2) is 0 Å². The summed E-state index contributed by atoms with van der Waals surface area (Å²) in [6, 6.07) is 5.25. The minimum Gasteiger partial charge on any atom is -0.466 e. The predicted octanol–water partition coefficient (Wildman–Crippen LogP) is 3.01. The van der Waals surface area contributed by atoms with Crippen LogP contribution in [0.2, 0.25) is 5.02 Å². The molecule has 0 radical (unpaired) electrons. The van der Waals surface area contributed by atoms with Gasteiger partial charge in [0.05, 0.1) is 41.5 Å². The van der Waals surface area contributed by atoms with E-state index in [4.69, 9.17) is 21.1 Å². The number of aliphatic hydroxyl groups is 1. The molecule has 186 valence electrons. The lowest BCUT2D eigenvalue weighted by atomic mass is 9.66. The first kappa shape index (κ1) is 24.9. The SMILES string of the molecule is CCOC(=O)[C@H]1[C@H]2C(=O)N([C@@H](CO)[C@@H](C)CC)C(C(=O)Nc3ccccc3Cl)C23CC[C@]1(C)O3. The second kappa shape index (κ2) is 9.13. The van der Waals surface area contributed by atoms with Crippen LogP contribution in [0.25, 0.3) is 0 Å². The number of amides is 2. The molecule has 2 bridgehead atoms. The maximum atomic E-state index is 14.0. The average Bonchev–Trinajstić information content (AvgIpc) is 3.37. The van der Waals surface area contributed by atoms with Crippen molar-refractivity contribution in [3.05, 3.63) is 29.3 Å². The minimum atomic E-state index is -1.19. The van der Waals surface area contributed by atoms with Crippen LogP contribution >= 0.6 is 11.6 Å². The number of halogens is 1. The Bertz CT molecular complexity index is 988. The highest BCUT2D eigenvalue weighted by Gasteiger charge is 2.79. The molecule has 3 heterocycles. The Balaban J connectivity index is 1.81. The summed E-state index contributed by atoms with van der Waals surface area (Å²) in [7, 11) is 0. The van der Waals surface area contributed by atoms with Gasteiger partial charge in [-0.3, -0.25) is 14.4 Å². The van der Waals surface area contributed by atoms with Crippen molar-refractivity contribution in [1.82, 2.24) is 4.90 Å². The first-order chi connectivity index (χ1) is 16.1. The summed E-state index contributed by atoms with van der Waals surface area (Å²) in [5.74, 6) is -3.02. The highest BCUT2D eigenvalue weighted by atomic mass is 35.5. The van der Waals surface area contributed by atoms with E-state index in [1.165, 1.54) is 4.90 Å². The molecular formula is C25H33ClN2O6. The Morgan fingerprint density at radius 3 is 2.65 bits per heavy atom. The summed E-state index contributed by atoms with van der Waals surface area (Å²) in [4.78, 5) is 42.4. The maximum Gasteiger partial charge on any atom is 0.312 e. The van der Waals surface area contributed by atoms with Crippen LogP contribution in [0.1, 0.15) is 47.0 Å². The molecule has 0 aliphatic carbocycles. The first-order valence-corrected chi connectivity index (χ1v) is 12.4. The number of fused-ring (bicyclic) bond motifs is 1. The highest BCUT2D eigenvalue weighted by Crippen LogP contribution is 2.63. The van der Waals surface area contributed by atoms with Crippen molar-refractivity contribution < 1.29 is 29.0 Å². The Kier molecular flexibility index (Phi) is 6.70. The zero-order valence-corrected chi connectivity index (χ0v) is 20.8. The summed E-state index contributed by atoms with van der Waals surface area (Å²) >= 11 is 6.28. The Morgan fingerprint density at radius 2 is 2.03 bits per heavy atom. The number of nitrogens with zero attached hydrogens (tertiary/aromatic N) is 1. The number of esters is 1. The zero-order valence-electron chi connectivity index (χ0n) is 20.0. The topological polar surface area (TPSA) is 105 Å². The number of carbonyl (C=O) groups is 3. The molecule has 1 aromatic carbocycles. The first-order valence-electron chi connectivity index (χ1n) is 12.0. The molecule has 2 unspecified atom stereocenters. The lowest BCUT2D eigenvalue weighted by Gasteiger charge is -2.39. The molecule has 4 rings (SSSR count). The van der Waals surface area contributed by atoms with Gasteiger partial charge in [-0.25, -0.2) is 0 Å². The molecule has 3 fully saturated rings. The normalized spacial score (nSPS) is 33.5. The lowest BCUT2D eigenvalue weighted by molar-refractivity contribution is -0.160. The third-order valence-corrected chi connectivity index (χ3v) is 8.31. The van der Waals surface area contributed by atoms with Crippen LogP contribution in [0.15, 0.2) is 24.3 Å². The fourth-order valence-corrected chi connectivity index (χ4v) is 6.37. The van der Waals surface area contributed by atoms with Crippen LogP contribution < -0.4 is 5.32 Å². The van der Waals surface area contributed by atoms with Crippen LogP contribution in [-0.2, 0) is 23.9 Å². The second-order valence-electron chi connectivity index (χ2n) is 9.83. The molecule has 0 aromatic heterocycles. The summed E-state index contributed by atoms with van der Waals surface area (Å²) in [6.45, 7) is 7.33. The fraction of sp³-hybridized carbons (Fsp3) is 0.640. The molecule has 2 amide bonds. The predicted molar refractivity (Wildman–Crippen MR) is 126 cm³/mol. The number of aliphatic hydroxyl groups excluding tert-OH is 1. The van der Waals surface area contributed by atoms with Crippen molar-refractivity contribution in [2.24, 2.45) is 17.8 Å². The molecule has 3 saturated heterocycles. The number of anilines is 1. The quantitative estimate of drug-likeness (QED) is 0.540. The molecule has 7 atom stereocenters. The molecule has 8 nitrogen and oxygen atoms in total. The molecular weight excluding hydrogens is 460 g/mol. The van der Waals surface area contributed by atoms with E-state index in [1.807, 2.05) is 20.8 Å². The van der Waals surface area contributed by atoms with Gasteiger partial charge in [-0.05, 0) is 44.7 Å². The molecule has 3 aliphatic rings. The lowest BCUT2D eigenvalue weighted by Crippen LogP contribution is -2.57. The molecule has 3 aliphatic heterocycles. The number of benzene rings is 1. The van der Waals surface area contributed by atoms with E-state index in [0.29, 0.717) is 30.0 Å². The number of likely N-dealkylation sites (tertiary alicyclic amines) is 1. The van der Waals surface area contributed by atoms with Gasteiger partial charge in [-0.2, -0.15) is 0 Å². The van der Waals surface area contributed by atoms with Crippen molar-refractivity contribution in [2.45, 2.75) is 70.2 Å². The summed E-state index contributed by atoms with van der Waals surface area (Å²) in [5, 5.41) is 13.5. The zero-order chi connectivity index (χ0) is 24.8. The van der Waals surface area contributed by atoms with Crippen molar-refractivity contribution >= 4 is 35.1 Å². The van der Waals surface area contributed by atoms with Crippen LogP contribution in [0, 0.1) is 17.8 Å². The fourth-order valence-electron chi connectivity index (χ4n) is 6.19. The standard InChI is InChI=1S/C25H33ClN2O6/c1-5-14(3)17(13-29)28-20(21(30)27-16-10-8-7-9-15(16)26)25-12-11-24(4,34-25)19(18(25)22(28)31)23(32)33-6-2/h7-10,14,17-20,29H,5-6,11-13H2,1-4H3,(H,27,30)/t14-,17-,18-,19+,20?,24-,25?/m0/s1. The third-order valence-electron chi connectivity index (χ3n) is 7.98.